The van der Waals surface area contributed by atoms with Crippen molar-refractivity contribution < 1.29 is 89.4 Å². The summed E-state index contributed by atoms with van der Waals surface area (Å²) in [6, 6.07) is 0. The van der Waals surface area contributed by atoms with E-state index in [0.29, 0.717) is 0 Å². The Kier molecular flexibility index (Phi) is 329. The van der Waals surface area contributed by atoms with Gasteiger partial charge >= 0.3 is 0 Å². The van der Waals surface area contributed by atoms with Crippen LogP contribution in [0.2, 0.25) is 0 Å². The molecule has 0 amide bonds. The van der Waals surface area contributed by atoms with Crippen LogP contribution >= 0.6 is 0 Å². The van der Waals surface area contributed by atoms with Crippen LogP contribution in [0, 0.1) is 0 Å². The molecular formula is CuFeMnNaNiTi. The first-order valence-corrected chi connectivity index (χ1v) is 0. The van der Waals surface area contributed by atoms with Crippen LogP contribution in [-0.2, 0) is 89.4 Å². The summed E-state index contributed by atoms with van der Waals surface area (Å²) >= 11 is 0. The predicted octanol–water partition coefficient (Wildman–Crippen LogP) is -0.393. The Morgan fingerprint density at radius 3 is 1.00 bits per heavy atom. The fourth-order valence-electron chi connectivity index (χ4n) is 0. The molecular weight excluding hydrogens is 304 g/mol. The Morgan fingerprint density at radius 1 is 1.00 bits per heavy atom. The maximum absolute atomic E-state index is 0. The van der Waals surface area contributed by atoms with Crippen LogP contribution in [-0.4, -0.2) is 29.6 Å². The van der Waals surface area contributed by atoms with E-state index in [2.05, 4.69) is 0 Å². The van der Waals surface area contributed by atoms with Crippen molar-refractivity contribution in [2.24, 2.45) is 0 Å². The van der Waals surface area contributed by atoms with Crippen LogP contribution in [0.25, 0.3) is 0 Å². The van der Waals surface area contributed by atoms with E-state index in [1.54, 1.807) is 0 Å². The van der Waals surface area contributed by atoms with Gasteiger partial charge < -0.3 is 0 Å². The average Bonchev–Trinajstić information content (AvgIpc) is 0. The summed E-state index contributed by atoms with van der Waals surface area (Å²) in [5.74, 6) is 0. The van der Waals surface area contributed by atoms with Gasteiger partial charge in [-0.3, -0.25) is 0 Å². The molecule has 6 heavy (non-hydrogen) atoms. The molecule has 0 aliphatic heterocycles. The summed E-state index contributed by atoms with van der Waals surface area (Å²) in [7, 11) is 0. The minimum atomic E-state index is 0. The fraction of sp³-hybridized carbons (Fsp3) is 0. The quantitative estimate of drug-likeness (QED) is 0.535. The van der Waals surface area contributed by atoms with Gasteiger partial charge in [0.2, 0.25) is 0 Å². The molecule has 0 fully saturated rings. The Balaban J connectivity index is 0. The third-order valence-corrected chi connectivity index (χ3v) is 0. The summed E-state index contributed by atoms with van der Waals surface area (Å²) < 4.78 is 0. The molecule has 0 aromatic heterocycles. The van der Waals surface area contributed by atoms with Gasteiger partial charge in [-0.25, -0.2) is 0 Å². The molecule has 0 heterocycles. The average molecular weight is 304 g/mol. The molecule has 0 N–H and O–H groups in total. The van der Waals surface area contributed by atoms with Crippen molar-refractivity contribution in [3.8, 4) is 0 Å². The maximum Gasteiger partial charge on any atom is 0 e. The minimum absolute atomic E-state index is 0. The number of hydrogen-bond donors (Lipinski definition) is 0. The summed E-state index contributed by atoms with van der Waals surface area (Å²) in [6.07, 6.45) is 0. The summed E-state index contributed by atoms with van der Waals surface area (Å²) in [6.45, 7) is 0. The van der Waals surface area contributed by atoms with Crippen molar-refractivity contribution in [2.45, 2.75) is 0 Å². The third-order valence-electron chi connectivity index (χ3n) is 0. The van der Waals surface area contributed by atoms with E-state index >= 15 is 0 Å². The van der Waals surface area contributed by atoms with Crippen molar-refractivity contribution in [1.29, 1.82) is 0 Å². The SMILES string of the molecule is [Cu].[Fe].[Mn].[Na].[Ni].[Ti]. The summed E-state index contributed by atoms with van der Waals surface area (Å²) in [4.78, 5) is 0. The first kappa shape index (κ1) is 52.9. The van der Waals surface area contributed by atoms with Crippen molar-refractivity contribution >= 4 is 29.6 Å². The molecule has 0 saturated heterocycles. The van der Waals surface area contributed by atoms with Gasteiger partial charge in [0.1, 0.15) is 0 Å². The van der Waals surface area contributed by atoms with Gasteiger partial charge in [0, 0.05) is 119 Å². The monoisotopic (exact) mass is 303 g/mol. The number of hydrogen-bond acceptors (Lipinski definition) is 0. The Labute approximate surface area is 117 Å². The molecule has 0 spiro atoms. The van der Waals surface area contributed by atoms with Crippen LogP contribution in [0.5, 0.6) is 0 Å². The summed E-state index contributed by atoms with van der Waals surface area (Å²) in [5, 5.41) is 0. The molecule has 0 aliphatic carbocycles. The second-order valence-electron chi connectivity index (χ2n) is 0. The standard InChI is InChI=1S/Cu.Fe.Mn.Na.Ni.Ti. The van der Waals surface area contributed by atoms with Crippen molar-refractivity contribution in [3.63, 3.8) is 0 Å². The fourth-order valence-corrected chi connectivity index (χ4v) is 0. The molecule has 41 valence electrons. The normalized spacial score (nSPS) is 0. The first-order valence-electron chi connectivity index (χ1n) is 0. The maximum atomic E-state index is 0. The molecule has 0 aromatic carbocycles. The van der Waals surface area contributed by atoms with Crippen LogP contribution in [0.3, 0.4) is 0 Å². The molecule has 0 rings (SSSR count). The van der Waals surface area contributed by atoms with Crippen molar-refractivity contribution in [3.05, 3.63) is 0 Å². The summed E-state index contributed by atoms with van der Waals surface area (Å²) in [5.41, 5.74) is 0. The van der Waals surface area contributed by atoms with Crippen LogP contribution < -0.4 is 0 Å². The van der Waals surface area contributed by atoms with E-state index < -0.39 is 0 Å². The van der Waals surface area contributed by atoms with E-state index in [4.69, 9.17) is 0 Å². The Hall–Kier alpha value is 3.77. The number of rotatable bonds is 0. The van der Waals surface area contributed by atoms with Gasteiger partial charge in [-0.15, -0.1) is 0 Å². The molecule has 0 bridgehead atoms. The van der Waals surface area contributed by atoms with E-state index in [1.165, 1.54) is 0 Å². The molecule has 0 nitrogen and oxygen atoms in total. The largest absolute Gasteiger partial charge is 0 e. The Bertz CT molecular complexity index is 15.5. The van der Waals surface area contributed by atoms with Gasteiger partial charge in [-0.1, -0.05) is 0 Å². The van der Waals surface area contributed by atoms with Crippen molar-refractivity contribution in [2.75, 3.05) is 0 Å². The molecule has 0 saturated carbocycles. The topological polar surface area (TPSA) is 0 Å². The van der Waals surface area contributed by atoms with E-state index in [1.807, 2.05) is 0 Å². The molecule has 0 atom stereocenters. The van der Waals surface area contributed by atoms with Gasteiger partial charge in [-0.2, -0.15) is 0 Å². The van der Waals surface area contributed by atoms with E-state index in [-0.39, 0.29) is 119 Å². The predicted molar refractivity (Wildman–Crippen MR) is 5.75 cm³/mol. The van der Waals surface area contributed by atoms with E-state index in [9.17, 15) is 0 Å². The zero-order valence-electron chi connectivity index (χ0n) is 2.85. The smallest absolute Gasteiger partial charge is 0 e. The third kappa shape index (κ3) is 25.1. The second-order valence-corrected chi connectivity index (χ2v) is 0. The van der Waals surface area contributed by atoms with Gasteiger partial charge in [0.15, 0.2) is 0 Å². The first-order chi connectivity index (χ1) is 0. The van der Waals surface area contributed by atoms with Gasteiger partial charge in [0.25, 0.3) is 0 Å². The van der Waals surface area contributed by atoms with Gasteiger partial charge in [-0.05, 0) is 0 Å². The van der Waals surface area contributed by atoms with Crippen LogP contribution in [0.1, 0.15) is 0 Å². The minimum Gasteiger partial charge on any atom is 0 e. The molecule has 0 aliphatic rings. The molecule has 0 aromatic rings. The van der Waals surface area contributed by atoms with Crippen LogP contribution in [0.4, 0.5) is 0 Å². The molecule has 3 radical (unpaired) electrons. The zero-order valence-corrected chi connectivity index (χ0v) is 10.6. The second kappa shape index (κ2) is 37.3. The molecule has 0 unspecified atom stereocenters. The van der Waals surface area contributed by atoms with E-state index in [0.717, 1.165) is 0 Å². The van der Waals surface area contributed by atoms with Crippen molar-refractivity contribution in [1.82, 2.24) is 0 Å². The van der Waals surface area contributed by atoms with Crippen LogP contribution in [0.15, 0.2) is 0 Å². The molecule has 6 heteroatoms. The zero-order chi connectivity index (χ0) is 0. The van der Waals surface area contributed by atoms with Gasteiger partial charge in [0.05, 0.1) is 0 Å². The Morgan fingerprint density at radius 2 is 1.00 bits per heavy atom.